The first-order valence-electron chi connectivity index (χ1n) is 7.76. The van der Waals surface area contributed by atoms with Crippen LogP contribution in [0.4, 0.5) is 4.39 Å². The number of benzene rings is 2. The smallest absolute Gasteiger partial charge is 0.220 e. The molecule has 124 valence electrons. The number of nitriles is 1. The molecule has 0 radical (unpaired) electrons. The van der Waals surface area contributed by atoms with Crippen LogP contribution in [-0.2, 0) is 17.0 Å². The molecule has 2 aromatic rings. The van der Waals surface area contributed by atoms with Gasteiger partial charge in [0, 0.05) is 24.5 Å². The number of rotatable bonds is 8. The highest BCUT2D eigenvalue weighted by Gasteiger charge is 2.03. The van der Waals surface area contributed by atoms with Gasteiger partial charge in [-0.25, -0.2) is 4.39 Å². The van der Waals surface area contributed by atoms with E-state index >= 15 is 0 Å². The molecule has 24 heavy (non-hydrogen) atoms. The Morgan fingerprint density at radius 2 is 1.92 bits per heavy atom. The van der Waals surface area contributed by atoms with Crippen LogP contribution in [0.25, 0.3) is 0 Å². The lowest BCUT2D eigenvalue weighted by molar-refractivity contribution is -0.120. The van der Waals surface area contributed by atoms with Crippen molar-refractivity contribution in [3.8, 4) is 6.07 Å². The summed E-state index contributed by atoms with van der Waals surface area (Å²) < 4.78 is 12.8. The number of hydrogen-bond acceptors (Lipinski definition) is 3. The summed E-state index contributed by atoms with van der Waals surface area (Å²) >= 11 is 1.69. The van der Waals surface area contributed by atoms with Gasteiger partial charge in [-0.3, -0.25) is 4.79 Å². The van der Waals surface area contributed by atoms with Crippen LogP contribution in [0.5, 0.6) is 0 Å². The number of aryl methyl sites for hydroxylation is 1. The maximum atomic E-state index is 12.8. The van der Waals surface area contributed by atoms with E-state index in [0.717, 1.165) is 22.6 Å². The van der Waals surface area contributed by atoms with Gasteiger partial charge >= 0.3 is 0 Å². The van der Waals surface area contributed by atoms with Crippen LogP contribution in [0, 0.1) is 17.1 Å². The molecular formula is C19H19FN2OS. The Bertz CT molecular complexity index is 710. The molecule has 0 spiro atoms. The largest absolute Gasteiger partial charge is 0.355 e. The van der Waals surface area contributed by atoms with E-state index in [2.05, 4.69) is 11.4 Å². The lowest BCUT2D eigenvalue weighted by Gasteiger charge is -2.06. The summed E-state index contributed by atoms with van der Waals surface area (Å²) in [5.74, 6) is 1.28. The molecule has 0 unspecified atom stereocenters. The Morgan fingerprint density at radius 3 is 2.67 bits per heavy atom. The molecule has 0 saturated carbocycles. The molecule has 0 aliphatic carbocycles. The van der Waals surface area contributed by atoms with Crippen molar-refractivity contribution in [2.75, 3.05) is 12.3 Å². The first-order valence-corrected chi connectivity index (χ1v) is 8.91. The molecule has 0 aromatic heterocycles. The van der Waals surface area contributed by atoms with Gasteiger partial charge in [0.2, 0.25) is 5.91 Å². The van der Waals surface area contributed by atoms with Crippen molar-refractivity contribution in [3.63, 3.8) is 0 Å². The van der Waals surface area contributed by atoms with E-state index in [1.54, 1.807) is 23.9 Å². The zero-order valence-electron chi connectivity index (χ0n) is 13.3. The number of amides is 1. The predicted octanol–water partition coefficient (Wildman–Crippen LogP) is 3.68. The monoisotopic (exact) mass is 342 g/mol. The molecule has 0 fully saturated rings. The minimum Gasteiger partial charge on any atom is -0.355 e. The van der Waals surface area contributed by atoms with Crippen molar-refractivity contribution in [1.29, 1.82) is 5.26 Å². The first kappa shape index (κ1) is 18.0. The summed E-state index contributed by atoms with van der Waals surface area (Å²) in [6, 6.07) is 15.9. The Morgan fingerprint density at radius 1 is 1.17 bits per heavy atom. The second kappa shape index (κ2) is 9.74. The summed E-state index contributed by atoms with van der Waals surface area (Å²) in [4.78, 5) is 11.8. The number of thioether (sulfide) groups is 1. The minimum absolute atomic E-state index is 0.00245. The van der Waals surface area contributed by atoms with Crippen molar-refractivity contribution in [1.82, 2.24) is 5.32 Å². The maximum Gasteiger partial charge on any atom is 0.220 e. The predicted molar refractivity (Wildman–Crippen MR) is 95.0 cm³/mol. The molecule has 0 aliphatic rings. The van der Waals surface area contributed by atoms with Gasteiger partial charge in [0.1, 0.15) is 5.82 Å². The van der Waals surface area contributed by atoms with E-state index in [-0.39, 0.29) is 11.7 Å². The van der Waals surface area contributed by atoms with Gasteiger partial charge in [0.15, 0.2) is 0 Å². The highest BCUT2D eigenvalue weighted by atomic mass is 32.2. The summed E-state index contributed by atoms with van der Waals surface area (Å²) in [7, 11) is 0. The summed E-state index contributed by atoms with van der Waals surface area (Å²) in [5.41, 5.74) is 2.68. The second-order valence-corrected chi connectivity index (χ2v) is 6.40. The Hall–Kier alpha value is -2.32. The van der Waals surface area contributed by atoms with E-state index in [1.807, 2.05) is 24.3 Å². The molecule has 0 heterocycles. The molecule has 0 atom stereocenters. The fraction of sp³-hybridized carbons (Fsp3) is 0.263. The van der Waals surface area contributed by atoms with Gasteiger partial charge in [-0.15, -0.1) is 0 Å². The first-order chi connectivity index (χ1) is 11.7. The molecule has 1 amide bonds. The molecule has 2 aromatic carbocycles. The Kier molecular flexibility index (Phi) is 7.31. The lowest BCUT2D eigenvalue weighted by Crippen LogP contribution is -2.25. The van der Waals surface area contributed by atoms with Gasteiger partial charge in [0.05, 0.1) is 11.6 Å². The van der Waals surface area contributed by atoms with Crippen molar-refractivity contribution in [3.05, 3.63) is 71.0 Å². The Balaban J connectivity index is 1.61. The van der Waals surface area contributed by atoms with Crippen LogP contribution in [0.3, 0.4) is 0 Å². The number of halogens is 1. The quantitative estimate of drug-likeness (QED) is 0.745. The van der Waals surface area contributed by atoms with E-state index < -0.39 is 0 Å². The summed E-state index contributed by atoms with van der Waals surface area (Å²) in [5, 5.41) is 11.9. The number of carbonyl (C=O) groups is 1. The highest BCUT2D eigenvalue weighted by molar-refractivity contribution is 7.98. The number of nitrogens with zero attached hydrogens (tertiary/aromatic N) is 1. The van der Waals surface area contributed by atoms with E-state index in [9.17, 15) is 9.18 Å². The van der Waals surface area contributed by atoms with E-state index in [0.29, 0.717) is 24.9 Å². The summed E-state index contributed by atoms with van der Waals surface area (Å²) in [6.07, 6.45) is 1.00. The van der Waals surface area contributed by atoms with Crippen LogP contribution < -0.4 is 5.32 Å². The van der Waals surface area contributed by atoms with Gasteiger partial charge in [-0.1, -0.05) is 30.3 Å². The molecule has 0 bridgehead atoms. The number of nitrogens with one attached hydrogen (secondary N) is 1. The van der Waals surface area contributed by atoms with E-state index in [1.165, 1.54) is 12.1 Å². The lowest BCUT2D eigenvalue weighted by atomic mass is 10.1. The van der Waals surface area contributed by atoms with Gasteiger partial charge in [0.25, 0.3) is 0 Å². The van der Waals surface area contributed by atoms with Crippen LogP contribution in [0.1, 0.15) is 23.1 Å². The standard InChI is InChI=1S/C19H19FN2OS/c20-18-8-5-15(6-9-18)7-10-19(23)22-11-12-24-14-17-4-2-1-3-16(17)13-21/h1-6,8-9H,7,10-12,14H2,(H,22,23). The average molecular weight is 342 g/mol. The fourth-order valence-corrected chi connectivity index (χ4v) is 3.06. The third kappa shape index (κ3) is 6.05. The molecule has 3 nitrogen and oxygen atoms in total. The molecule has 5 heteroatoms. The van der Waals surface area contributed by atoms with Crippen LogP contribution in [0.15, 0.2) is 48.5 Å². The number of carbonyl (C=O) groups excluding carboxylic acids is 1. The molecule has 0 saturated heterocycles. The topological polar surface area (TPSA) is 52.9 Å². The molecule has 0 aliphatic heterocycles. The van der Waals surface area contributed by atoms with Crippen LogP contribution >= 0.6 is 11.8 Å². The van der Waals surface area contributed by atoms with Gasteiger partial charge in [-0.05, 0) is 35.7 Å². The highest BCUT2D eigenvalue weighted by Crippen LogP contribution is 2.15. The SMILES string of the molecule is N#Cc1ccccc1CSCCNC(=O)CCc1ccc(F)cc1. The van der Waals surface area contributed by atoms with Crippen molar-refractivity contribution in [2.45, 2.75) is 18.6 Å². The third-order valence-electron chi connectivity index (χ3n) is 3.52. The van der Waals surface area contributed by atoms with Crippen molar-refractivity contribution >= 4 is 17.7 Å². The normalized spacial score (nSPS) is 10.2. The zero-order chi connectivity index (χ0) is 17.2. The number of hydrogen-bond donors (Lipinski definition) is 1. The zero-order valence-corrected chi connectivity index (χ0v) is 14.1. The van der Waals surface area contributed by atoms with E-state index in [4.69, 9.17) is 5.26 Å². The molecule has 2 rings (SSSR count). The molecular weight excluding hydrogens is 323 g/mol. The molecule has 1 N–H and O–H groups in total. The summed E-state index contributed by atoms with van der Waals surface area (Å²) in [6.45, 7) is 0.599. The van der Waals surface area contributed by atoms with Crippen molar-refractivity contribution < 1.29 is 9.18 Å². The van der Waals surface area contributed by atoms with Crippen molar-refractivity contribution in [2.24, 2.45) is 0 Å². The van der Waals surface area contributed by atoms with Gasteiger partial charge in [-0.2, -0.15) is 17.0 Å². The van der Waals surface area contributed by atoms with Gasteiger partial charge < -0.3 is 5.32 Å². The average Bonchev–Trinajstić information content (AvgIpc) is 2.61. The minimum atomic E-state index is -0.266. The van der Waals surface area contributed by atoms with Crippen LogP contribution in [-0.4, -0.2) is 18.2 Å². The third-order valence-corrected chi connectivity index (χ3v) is 4.53. The maximum absolute atomic E-state index is 12.8. The van der Waals surface area contributed by atoms with Crippen LogP contribution in [0.2, 0.25) is 0 Å². The fourth-order valence-electron chi connectivity index (χ4n) is 2.20. The second-order valence-electron chi connectivity index (χ2n) is 5.30. The Labute approximate surface area is 145 Å².